The van der Waals surface area contributed by atoms with Crippen molar-refractivity contribution in [2.75, 3.05) is 6.61 Å². The molecule has 27 heavy (non-hydrogen) atoms. The van der Waals surface area contributed by atoms with Gasteiger partial charge in [-0.05, 0) is 32.9 Å². The fourth-order valence-corrected chi connectivity index (χ4v) is 2.74. The van der Waals surface area contributed by atoms with Crippen molar-refractivity contribution in [1.29, 1.82) is 0 Å². The fourth-order valence-electron chi connectivity index (χ4n) is 2.74. The number of carbonyl (C=O) groups excluding carboxylic acids is 2. The molecule has 0 fully saturated rings. The minimum Gasteiger partial charge on any atom is -0.488 e. The molecule has 2 aromatic heterocycles. The van der Waals surface area contributed by atoms with Crippen LogP contribution in [0.3, 0.4) is 0 Å². The van der Waals surface area contributed by atoms with Crippen LogP contribution in [0.25, 0.3) is 21.9 Å². The molecule has 0 spiro atoms. The van der Waals surface area contributed by atoms with Crippen LogP contribution in [0.15, 0.2) is 44.2 Å². The highest BCUT2D eigenvalue weighted by molar-refractivity contribution is 6.01. The van der Waals surface area contributed by atoms with Crippen LogP contribution >= 0.6 is 0 Å². The van der Waals surface area contributed by atoms with Crippen molar-refractivity contribution < 1.29 is 27.9 Å². The Balaban J connectivity index is 2.03. The Morgan fingerprint density at radius 2 is 1.81 bits per heavy atom. The first-order chi connectivity index (χ1) is 12.7. The van der Waals surface area contributed by atoms with Crippen molar-refractivity contribution in [3.05, 3.63) is 40.9 Å². The summed E-state index contributed by atoms with van der Waals surface area (Å²) in [5, 5.41) is 1.25. The summed E-state index contributed by atoms with van der Waals surface area (Å²) in [7, 11) is 0. The van der Waals surface area contributed by atoms with Gasteiger partial charge >= 0.3 is 11.6 Å². The zero-order chi connectivity index (χ0) is 19.8. The van der Waals surface area contributed by atoms with Crippen molar-refractivity contribution in [3.63, 3.8) is 0 Å². The molecule has 3 rings (SSSR count). The lowest BCUT2D eigenvalue weighted by atomic mass is 9.83. The lowest BCUT2D eigenvalue weighted by molar-refractivity contribution is -0.158. The number of hydrogen-bond acceptors (Lipinski definition) is 7. The number of benzene rings is 1. The van der Waals surface area contributed by atoms with Crippen molar-refractivity contribution >= 4 is 33.7 Å². The Kier molecular flexibility index (Phi) is 4.78. The molecule has 7 heteroatoms. The first-order valence-electron chi connectivity index (χ1n) is 8.45. The van der Waals surface area contributed by atoms with E-state index in [-0.39, 0.29) is 12.4 Å². The average Bonchev–Trinajstić information content (AvgIpc) is 3.04. The van der Waals surface area contributed by atoms with Crippen molar-refractivity contribution in [1.82, 2.24) is 0 Å². The van der Waals surface area contributed by atoms with Gasteiger partial charge in [0, 0.05) is 19.1 Å². The van der Waals surface area contributed by atoms with Gasteiger partial charge in [-0.3, -0.25) is 9.59 Å². The zero-order valence-electron chi connectivity index (χ0n) is 15.5. The third kappa shape index (κ3) is 3.58. The summed E-state index contributed by atoms with van der Waals surface area (Å²) >= 11 is 0. The minimum absolute atomic E-state index is 0.0509. The van der Waals surface area contributed by atoms with E-state index in [1.165, 1.54) is 26.2 Å². The molecule has 1 unspecified atom stereocenters. The molecule has 1 atom stereocenters. The van der Waals surface area contributed by atoms with Gasteiger partial charge in [-0.15, -0.1) is 0 Å². The maximum absolute atomic E-state index is 12.0. The number of hydrogen-bond donors (Lipinski definition) is 0. The number of carbonyl (C=O) groups is 2. The topological polar surface area (TPSA) is 95.9 Å². The van der Waals surface area contributed by atoms with Crippen LogP contribution in [-0.2, 0) is 14.3 Å². The van der Waals surface area contributed by atoms with E-state index in [0.717, 1.165) is 0 Å². The smallest absolute Gasteiger partial charge is 0.336 e. The summed E-state index contributed by atoms with van der Waals surface area (Å²) in [6.45, 7) is 6.07. The number of esters is 1. The van der Waals surface area contributed by atoms with E-state index in [9.17, 15) is 14.4 Å². The molecule has 0 radical (unpaired) electrons. The number of rotatable bonds is 6. The van der Waals surface area contributed by atoms with Crippen molar-refractivity contribution in [3.8, 4) is 5.75 Å². The van der Waals surface area contributed by atoms with Crippen LogP contribution < -0.4 is 10.4 Å². The Hall–Kier alpha value is -3.09. The highest BCUT2D eigenvalue weighted by Gasteiger charge is 2.37. The molecule has 0 saturated heterocycles. The molecule has 142 valence electrons. The van der Waals surface area contributed by atoms with E-state index in [1.54, 1.807) is 32.0 Å². The Labute approximate surface area is 154 Å². The van der Waals surface area contributed by atoms with Crippen LogP contribution in [0.2, 0.25) is 0 Å². The van der Waals surface area contributed by atoms with Gasteiger partial charge in [0.1, 0.15) is 35.4 Å². The van der Waals surface area contributed by atoms with Gasteiger partial charge in [-0.1, -0.05) is 0 Å². The molecule has 3 aromatic rings. The molecule has 0 N–H and O–H groups in total. The van der Waals surface area contributed by atoms with Crippen LogP contribution in [0.1, 0.15) is 27.7 Å². The Morgan fingerprint density at radius 1 is 1.11 bits per heavy atom. The first-order valence-corrected chi connectivity index (χ1v) is 8.45. The third-order valence-corrected chi connectivity index (χ3v) is 4.71. The molecule has 2 heterocycles. The Morgan fingerprint density at radius 3 is 2.48 bits per heavy atom. The quantitative estimate of drug-likeness (QED) is 0.483. The van der Waals surface area contributed by atoms with Gasteiger partial charge in [0.15, 0.2) is 0 Å². The minimum atomic E-state index is -0.932. The number of ketones is 1. The van der Waals surface area contributed by atoms with Crippen molar-refractivity contribution in [2.45, 2.75) is 33.8 Å². The van der Waals surface area contributed by atoms with E-state index in [4.69, 9.17) is 18.3 Å². The molecule has 7 nitrogen and oxygen atoms in total. The highest BCUT2D eigenvalue weighted by Crippen LogP contribution is 2.36. The fraction of sp³-hybridized carbons (Fsp3) is 0.350. The second-order valence-electron chi connectivity index (χ2n) is 6.89. The molecule has 0 amide bonds. The zero-order valence-corrected chi connectivity index (χ0v) is 15.5. The van der Waals surface area contributed by atoms with E-state index in [2.05, 4.69) is 0 Å². The van der Waals surface area contributed by atoms with Crippen LogP contribution in [0.4, 0.5) is 0 Å². The maximum Gasteiger partial charge on any atom is 0.336 e. The van der Waals surface area contributed by atoms with Crippen molar-refractivity contribution in [2.24, 2.45) is 5.41 Å². The lowest BCUT2D eigenvalue weighted by Gasteiger charge is -2.31. The SMILES string of the molecule is CC(=O)OC(COc1c2ccoc2cc2oc(=O)ccc12)C(C)(C)C(C)=O. The van der Waals surface area contributed by atoms with Gasteiger partial charge in [0.25, 0.3) is 0 Å². The summed E-state index contributed by atoms with van der Waals surface area (Å²) in [6, 6.07) is 6.23. The second kappa shape index (κ2) is 6.90. The molecule has 0 aliphatic rings. The van der Waals surface area contributed by atoms with Gasteiger partial charge in [-0.2, -0.15) is 0 Å². The van der Waals surface area contributed by atoms with Gasteiger partial charge in [0.2, 0.25) is 0 Å². The maximum atomic E-state index is 12.0. The molecular weight excluding hydrogens is 352 g/mol. The molecular formula is C20H20O7. The molecule has 1 aromatic carbocycles. The largest absolute Gasteiger partial charge is 0.488 e. The summed E-state index contributed by atoms with van der Waals surface area (Å²) < 4.78 is 21.9. The molecule has 0 aliphatic heterocycles. The van der Waals surface area contributed by atoms with E-state index >= 15 is 0 Å². The van der Waals surface area contributed by atoms with Crippen LogP contribution in [0.5, 0.6) is 5.75 Å². The molecule has 0 saturated carbocycles. The summed E-state index contributed by atoms with van der Waals surface area (Å²) in [6.07, 6.45) is 0.706. The molecule has 0 aliphatic carbocycles. The van der Waals surface area contributed by atoms with E-state index in [0.29, 0.717) is 27.7 Å². The second-order valence-corrected chi connectivity index (χ2v) is 6.89. The standard InChI is InChI=1S/C20H20O7/c1-11(21)20(3,4)17(26-12(2)22)10-25-19-13-5-6-18(23)27-16(13)9-15-14(19)7-8-24-15/h5-9,17H,10H2,1-4H3. The van der Waals surface area contributed by atoms with Crippen LogP contribution in [-0.4, -0.2) is 24.5 Å². The lowest BCUT2D eigenvalue weighted by Crippen LogP contribution is -2.42. The number of Topliss-reactive ketones (excluding diaryl/α,β-unsaturated/α-hetero) is 1. The van der Waals surface area contributed by atoms with E-state index in [1.807, 2.05) is 0 Å². The summed E-state index contributed by atoms with van der Waals surface area (Å²) in [5.74, 6) is -0.207. The summed E-state index contributed by atoms with van der Waals surface area (Å²) in [4.78, 5) is 35.0. The third-order valence-electron chi connectivity index (χ3n) is 4.71. The normalized spacial score (nSPS) is 12.9. The number of furan rings is 1. The predicted molar refractivity (Wildman–Crippen MR) is 97.8 cm³/mol. The van der Waals surface area contributed by atoms with Gasteiger partial charge < -0.3 is 18.3 Å². The van der Waals surface area contributed by atoms with E-state index < -0.39 is 23.1 Å². The van der Waals surface area contributed by atoms with Gasteiger partial charge in [-0.25, -0.2) is 4.79 Å². The molecule has 0 bridgehead atoms. The first kappa shape index (κ1) is 18.7. The van der Waals surface area contributed by atoms with Gasteiger partial charge in [0.05, 0.1) is 22.5 Å². The monoisotopic (exact) mass is 372 g/mol. The Bertz CT molecular complexity index is 1070. The average molecular weight is 372 g/mol. The number of fused-ring (bicyclic) bond motifs is 2. The summed E-state index contributed by atoms with van der Waals surface area (Å²) in [5.41, 5.74) is -0.621. The highest BCUT2D eigenvalue weighted by atomic mass is 16.6. The predicted octanol–water partition coefficient (Wildman–Crippen LogP) is 3.46. The van der Waals surface area contributed by atoms with Crippen LogP contribution in [0, 0.1) is 5.41 Å². The number of ether oxygens (including phenoxy) is 2.